The highest BCUT2D eigenvalue weighted by Gasteiger charge is 2.24. The van der Waals surface area contributed by atoms with Gasteiger partial charge in [0.2, 0.25) is 0 Å². The maximum atomic E-state index is 13.4. The number of hydrogen-bond donors (Lipinski definition) is 2. The SMILES string of the molecule is CNCc1ccc(F)cc1S(=O)(=O)NN1CCN(C)CC1. The van der Waals surface area contributed by atoms with Crippen molar-refractivity contribution in [3.05, 3.63) is 29.6 Å². The quantitative estimate of drug-likeness (QED) is 0.800. The summed E-state index contributed by atoms with van der Waals surface area (Å²) in [6.45, 7) is 3.14. The number of nitrogens with one attached hydrogen (secondary N) is 2. The van der Waals surface area contributed by atoms with Gasteiger partial charge >= 0.3 is 0 Å². The Kier molecular flexibility index (Phi) is 5.28. The lowest BCUT2D eigenvalue weighted by atomic mass is 10.2. The van der Waals surface area contributed by atoms with E-state index in [9.17, 15) is 12.8 Å². The first-order valence-corrected chi connectivity index (χ1v) is 8.29. The number of halogens is 1. The molecule has 1 saturated heterocycles. The largest absolute Gasteiger partial charge is 0.316 e. The Hall–Kier alpha value is -1.06. The highest BCUT2D eigenvalue weighted by Crippen LogP contribution is 2.18. The number of likely N-dealkylation sites (N-methyl/N-ethyl adjacent to an activating group) is 1. The summed E-state index contributed by atoms with van der Waals surface area (Å²) in [7, 11) is -0.0699. The summed E-state index contributed by atoms with van der Waals surface area (Å²) in [4.78, 5) is 4.65. The fourth-order valence-electron chi connectivity index (χ4n) is 2.23. The average molecular weight is 316 g/mol. The predicted octanol–water partition coefficient (Wildman–Crippen LogP) is -0.0142. The van der Waals surface area contributed by atoms with Gasteiger partial charge in [-0.25, -0.2) is 17.8 Å². The van der Waals surface area contributed by atoms with Crippen LogP contribution in [0.5, 0.6) is 0 Å². The summed E-state index contributed by atoms with van der Waals surface area (Å²) in [5.41, 5.74) is 0.542. The van der Waals surface area contributed by atoms with E-state index in [2.05, 4.69) is 15.0 Å². The van der Waals surface area contributed by atoms with Crippen LogP contribution in [-0.4, -0.2) is 58.6 Å². The predicted molar refractivity (Wildman–Crippen MR) is 78.6 cm³/mol. The van der Waals surface area contributed by atoms with Crippen LogP contribution in [0.2, 0.25) is 0 Å². The van der Waals surface area contributed by atoms with E-state index < -0.39 is 15.8 Å². The molecule has 1 heterocycles. The lowest BCUT2D eigenvalue weighted by Crippen LogP contribution is -2.52. The number of benzene rings is 1. The van der Waals surface area contributed by atoms with E-state index in [1.165, 1.54) is 12.1 Å². The molecule has 0 saturated carbocycles. The van der Waals surface area contributed by atoms with Gasteiger partial charge in [0.1, 0.15) is 5.82 Å². The molecule has 8 heteroatoms. The molecule has 0 amide bonds. The van der Waals surface area contributed by atoms with E-state index in [1.54, 1.807) is 12.1 Å². The van der Waals surface area contributed by atoms with Crippen LogP contribution in [0.25, 0.3) is 0 Å². The maximum absolute atomic E-state index is 13.4. The second-order valence-electron chi connectivity index (χ2n) is 5.17. The first-order valence-electron chi connectivity index (χ1n) is 6.81. The summed E-state index contributed by atoms with van der Waals surface area (Å²) < 4.78 is 38.4. The fourth-order valence-corrected chi connectivity index (χ4v) is 3.61. The standard InChI is InChI=1S/C13H21FN4O2S/c1-15-10-11-3-4-12(14)9-13(11)21(19,20)16-18-7-5-17(2)6-8-18/h3-4,9,15-16H,5-8,10H2,1-2H3. The molecule has 0 aromatic heterocycles. The Labute approximate surface area is 124 Å². The van der Waals surface area contributed by atoms with Gasteiger partial charge in [0.25, 0.3) is 10.0 Å². The van der Waals surface area contributed by atoms with Crippen LogP contribution >= 0.6 is 0 Å². The van der Waals surface area contributed by atoms with E-state index in [0.29, 0.717) is 25.2 Å². The minimum atomic E-state index is -3.78. The van der Waals surface area contributed by atoms with Gasteiger partial charge in [-0.15, -0.1) is 4.83 Å². The number of hydrazine groups is 1. The third kappa shape index (κ3) is 4.21. The minimum absolute atomic E-state index is 0.0178. The van der Waals surface area contributed by atoms with Crippen LogP contribution < -0.4 is 10.1 Å². The molecule has 118 valence electrons. The van der Waals surface area contributed by atoms with Gasteiger partial charge in [-0.2, -0.15) is 0 Å². The molecule has 6 nitrogen and oxygen atoms in total. The zero-order valence-corrected chi connectivity index (χ0v) is 13.1. The molecule has 1 fully saturated rings. The fraction of sp³-hybridized carbons (Fsp3) is 0.538. The number of rotatable bonds is 5. The molecule has 1 aromatic rings. The van der Waals surface area contributed by atoms with Crippen molar-refractivity contribution in [2.24, 2.45) is 0 Å². The van der Waals surface area contributed by atoms with Gasteiger partial charge in [-0.05, 0) is 31.8 Å². The molecule has 1 aromatic carbocycles. The number of hydrogen-bond acceptors (Lipinski definition) is 5. The van der Waals surface area contributed by atoms with E-state index >= 15 is 0 Å². The van der Waals surface area contributed by atoms with Crippen molar-refractivity contribution >= 4 is 10.0 Å². The van der Waals surface area contributed by atoms with Crippen molar-refractivity contribution < 1.29 is 12.8 Å². The van der Waals surface area contributed by atoms with Crippen molar-refractivity contribution in [3.63, 3.8) is 0 Å². The van der Waals surface area contributed by atoms with Crippen LogP contribution in [0.3, 0.4) is 0 Å². The van der Waals surface area contributed by atoms with Gasteiger partial charge in [0.15, 0.2) is 0 Å². The third-order valence-electron chi connectivity index (χ3n) is 3.44. The Bertz CT molecular complexity index is 586. The summed E-state index contributed by atoms with van der Waals surface area (Å²) in [5, 5.41) is 4.55. The molecule has 1 aliphatic heterocycles. The highest BCUT2D eigenvalue weighted by molar-refractivity contribution is 7.89. The van der Waals surface area contributed by atoms with Crippen LogP contribution in [0.4, 0.5) is 4.39 Å². The molecule has 0 aliphatic carbocycles. The third-order valence-corrected chi connectivity index (χ3v) is 4.90. The van der Waals surface area contributed by atoms with Crippen molar-refractivity contribution in [2.75, 3.05) is 40.3 Å². The molecule has 0 unspecified atom stereocenters. The monoisotopic (exact) mass is 316 g/mol. The van der Waals surface area contributed by atoms with Crippen molar-refractivity contribution in [1.82, 2.24) is 20.1 Å². The molecule has 2 rings (SSSR count). The normalized spacial score (nSPS) is 18.0. The lowest BCUT2D eigenvalue weighted by molar-refractivity contribution is 0.135. The van der Waals surface area contributed by atoms with Gasteiger partial charge < -0.3 is 10.2 Å². The topological polar surface area (TPSA) is 64.7 Å². The second kappa shape index (κ2) is 6.80. The first-order chi connectivity index (χ1) is 9.92. The van der Waals surface area contributed by atoms with Crippen LogP contribution in [0.1, 0.15) is 5.56 Å². The van der Waals surface area contributed by atoms with Crippen LogP contribution in [-0.2, 0) is 16.6 Å². The minimum Gasteiger partial charge on any atom is -0.316 e. The highest BCUT2D eigenvalue weighted by atomic mass is 32.2. The zero-order chi connectivity index (χ0) is 15.5. The molecular weight excluding hydrogens is 295 g/mol. The summed E-state index contributed by atoms with van der Waals surface area (Å²) in [6.07, 6.45) is 0. The van der Waals surface area contributed by atoms with Crippen LogP contribution in [0, 0.1) is 5.82 Å². The molecule has 0 bridgehead atoms. The second-order valence-corrected chi connectivity index (χ2v) is 6.80. The molecule has 0 atom stereocenters. The molecule has 21 heavy (non-hydrogen) atoms. The Morgan fingerprint density at radius 1 is 1.24 bits per heavy atom. The van der Waals surface area contributed by atoms with E-state index in [4.69, 9.17) is 0 Å². The van der Waals surface area contributed by atoms with Crippen molar-refractivity contribution in [2.45, 2.75) is 11.4 Å². The Morgan fingerprint density at radius 2 is 1.90 bits per heavy atom. The van der Waals surface area contributed by atoms with Gasteiger partial charge in [0, 0.05) is 32.7 Å². The summed E-state index contributed by atoms with van der Waals surface area (Å²) >= 11 is 0. The number of piperazine rings is 1. The molecule has 0 radical (unpaired) electrons. The number of sulfonamides is 1. The van der Waals surface area contributed by atoms with Crippen molar-refractivity contribution in [1.29, 1.82) is 0 Å². The molecular formula is C13H21FN4O2S. The summed E-state index contributed by atoms with van der Waals surface area (Å²) in [5.74, 6) is -0.561. The molecule has 1 aliphatic rings. The van der Waals surface area contributed by atoms with Crippen molar-refractivity contribution in [3.8, 4) is 0 Å². The van der Waals surface area contributed by atoms with E-state index in [-0.39, 0.29) is 4.90 Å². The summed E-state index contributed by atoms with van der Waals surface area (Å²) in [6, 6.07) is 3.82. The Morgan fingerprint density at radius 3 is 2.52 bits per heavy atom. The zero-order valence-electron chi connectivity index (χ0n) is 12.3. The van der Waals surface area contributed by atoms with E-state index in [1.807, 2.05) is 7.05 Å². The Balaban J connectivity index is 2.20. The van der Waals surface area contributed by atoms with Crippen LogP contribution in [0.15, 0.2) is 23.1 Å². The molecule has 2 N–H and O–H groups in total. The van der Waals surface area contributed by atoms with Gasteiger partial charge in [-0.1, -0.05) is 6.07 Å². The molecule has 0 spiro atoms. The average Bonchev–Trinajstić information content (AvgIpc) is 2.43. The first kappa shape index (κ1) is 16.3. The van der Waals surface area contributed by atoms with E-state index in [0.717, 1.165) is 19.2 Å². The smallest absolute Gasteiger partial charge is 0.253 e. The van der Waals surface area contributed by atoms with Gasteiger partial charge in [0.05, 0.1) is 4.90 Å². The lowest BCUT2D eigenvalue weighted by Gasteiger charge is -2.32. The van der Waals surface area contributed by atoms with Gasteiger partial charge in [-0.3, -0.25) is 0 Å². The maximum Gasteiger partial charge on any atom is 0.253 e. The number of nitrogens with zero attached hydrogens (tertiary/aromatic N) is 2.